The maximum atomic E-state index is 12.1. The smallest absolute Gasteiger partial charge is 0.0733 e. The summed E-state index contributed by atoms with van der Waals surface area (Å²) in [5.74, 6) is 0. The van der Waals surface area contributed by atoms with Gasteiger partial charge in [-0.2, -0.15) is 0 Å². The number of hydroxylamine groups is 2. The first-order chi connectivity index (χ1) is 6.07. The normalized spacial score (nSPS) is 32.5. The molecule has 0 atom stereocenters. The molecule has 0 unspecified atom stereocenters. The van der Waals surface area contributed by atoms with E-state index in [-0.39, 0.29) is 11.1 Å². The van der Waals surface area contributed by atoms with Crippen LogP contribution in [0.4, 0.5) is 0 Å². The Kier molecular flexibility index (Phi) is 2.13. The lowest BCUT2D eigenvalue weighted by Crippen LogP contribution is -2.62. The van der Waals surface area contributed by atoms with E-state index in [1.165, 1.54) is 17.9 Å². The van der Waals surface area contributed by atoms with Crippen LogP contribution in [0.3, 0.4) is 0 Å². The second-order valence-corrected chi connectivity index (χ2v) is 5.03. The zero-order chi connectivity index (χ0) is 9.53. The van der Waals surface area contributed by atoms with Crippen molar-refractivity contribution in [2.75, 3.05) is 13.2 Å². The molecular formula is C10H18NO2. The molecule has 2 aliphatic rings. The molecule has 0 aromatic rings. The van der Waals surface area contributed by atoms with Gasteiger partial charge in [-0.3, -0.25) is 0 Å². The maximum Gasteiger partial charge on any atom is 0.0733 e. The van der Waals surface area contributed by atoms with Crippen molar-refractivity contribution >= 4 is 0 Å². The fourth-order valence-electron chi connectivity index (χ4n) is 2.63. The third-order valence-electron chi connectivity index (χ3n) is 3.34. The molecule has 1 heterocycles. The van der Waals surface area contributed by atoms with Gasteiger partial charge >= 0.3 is 0 Å². The zero-order valence-electron chi connectivity index (χ0n) is 8.51. The van der Waals surface area contributed by atoms with Crippen LogP contribution < -0.4 is 0 Å². The predicted octanol–water partition coefficient (Wildman–Crippen LogP) is 1.76. The van der Waals surface area contributed by atoms with Gasteiger partial charge in [-0.15, -0.1) is 10.3 Å². The maximum absolute atomic E-state index is 12.1. The molecule has 0 bridgehead atoms. The second kappa shape index (κ2) is 2.94. The van der Waals surface area contributed by atoms with Crippen molar-refractivity contribution in [2.24, 2.45) is 0 Å². The highest BCUT2D eigenvalue weighted by Gasteiger charge is 2.50. The highest BCUT2D eigenvalue weighted by molar-refractivity contribution is 4.99. The van der Waals surface area contributed by atoms with E-state index in [9.17, 15) is 5.21 Å². The van der Waals surface area contributed by atoms with Crippen LogP contribution in [0.25, 0.3) is 0 Å². The van der Waals surface area contributed by atoms with Crippen LogP contribution in [0.15, 0.2) is 0 Å². The van der Waals surface area contributed by atoms with E-state index < -0.39 is 0 Å². The SMILES string of the molecule is CC1(C)COCC2(CCCC2)N1[O]. The highest BCUT2D eigenvalue weighted by atomic mass is 16.5. The summed E-state index contributed by atoms with van der Waals surface area (Å²) in [5, 5.41) is 13.4. The lowest BCUT2D eigenvalue weighted by Gasteiger charge is -2.48. The van der Waals surface area contributed by atoms with Crippen molar-refractivity contribution < 1.29 is 9.94 Å². The number of morpholine rings is 1. The molecule has 1 saturated carbocycles. The molecule has 1 spiro atoms. The molecule has 1 aliphatic carbocycles. The first-order valence-electron chi connectivity index (χ1n) is 5.12. The Labute approximate surface area is 79.6 Å². The van der Waals surface area contributed by atoms with Gasteiger partial charge in [0.2, 0.25) is 0 Å². The third-order valence-corrected chi connectivity index (χ3v) is 3.34. The minimum absolute atomic E-state index is 0.179. The van der Waals surface area contributed by atoms with Crippen LogP contribution in [-0.4, -0.2) is 29.4 Å². The van der Waals surface area contributed by atoms with Gasteiger partial charge in [0.05, 0.1) is 24.3 Å². The number of rotatable bonds is 0. The zero-order valence-corrected chi connectivity index (χ0v) is 8.51. The lowest BCUT2D eigenvalue weighted by atomic mass is 9.90. The predicted molar refractivity (Wildman–Crippen MR) is 48.6 cm³/mol. The van der Waals surface area contributed by atoms with Gasteiger partial charge in [0.1, 0.15) is 0 Å². The standard InChI is InChI=1S/C10H18NO2/c1-9(2)7-13-8-10(11(9)12)5-3-4-6-10/h3-8H2,1-2H3. The van der Waals surface area contributed by atoms with Crippen molar-refractivity contribution in [2.45, 2.75) is 50.6 Å². The Morgan fingerprint density at radius 1 is 1.15 bits per heavy atom. The van der Waals surface area contributed by atoms with Crippen molar-refractivity contribution in [3.8, 4) is 0 Å². The molecule has 2 fully saturated rings. The first kappa shape index (κ1) is 9.44. The summed E-state index contributed by atoms with van der Waals surface area (Å²) >= 11 is 0. The molecule has 2 rings (SSSR count). The quantitative estimate of drug-likeness (QED) is 0.574. The van der Waals surface area contributed by atoms with Crippen LogP contribution in [0, 0.1) is 0 Å². The number of ether oxygens (including phenoxy) is 1. The molecule has 75 valence electrons. The third kappa shape index (κ3) is 1.39. The minimum Gasteiger partial charge on any atom is -0.377 e. The molecule has 0 amide bonds. The molecule has 3 nitrogen and oxygen atoms in total. The Morgan fingerprint density at radius 3 is 2.38 bits per heavy atom. The van der Waals surface area contributed by atoms with E-state index in [1.54, 1.807) is 0 Å². The summed E-state index contributed by atoms with van der Waals surface area (Å²) in [5.41, 5.74) is -0.510. The average molecular weight is 184 g/mol. The largest absolute Gasteiger partial charge is 0.377 e. The molecular weight excluding hydrogens is 166 g/mol. The van der Waals surface area contributed by atoms with E-state index in [1.807, 2.05) is 13.8 Å². The average Bonchev–Trinajstić information content (AvgIpc) is 2.50. The summed E-state index contributed by atoms with van der Waals surface area (Å²) < 4.78 is 5.55. The summed E-state index contributed by atoms with van der Waals surface area (Å²) in [4.78, 5) is 0. The van der Waals surface area contributed by atoms with Crippen LogP contribution in [0.2, 0.25) is 0 Å². The van der Waals surface area contributed by atoms with E-state index in [4.69, 9.17) is 4.74 Å². The Bertz CT molecular complexity index is 197. The molecule has 1 saturated heterocycles. The Hall–Kier alpha value is -0.120. The minimum atomic E-state index is -0.331. The molecule has 0 aromatic carbocycles. The summed E-state index contributed by atoms with van der Waals surface area (Å²) in [7, 11) is 0. The summed E-state index contributed by atoms with van der Waals surface area (Å²) in [6.07, 6.45) is 4.39. The fraction of sp³-hybridized carbons (Fsp3) is 1.00. The second-order valence-electron chi connectivity index (χ2n) is 5.03. The van der Waals surface area contributed by atoms with Crippen molar-refractivity contribution in [1.29, 1.82) is 0 Å². The van der Waals surface area contributed by atoms with Gasteiger partial charge in [0.15, 0.2) is 0 Å². The van der Waals surface area contributed by atoms with Crippen LogP contribution in [0.5, 0.6) is 0 Å². The lowest BCUT2D eigenvalue weighted by molar-refractivity contribution is -0.322. The fourth-order valence-corrected chi connectivity index (χ4v) is 2.63. The number of hydrogen-bond acceptors (Lipinski definition) is 2. The van der Waals surface area contributed by atoms with Crippen molar-refractivity contribution in [3.05, 3.63) is 0 Å². The van der Waals surface area contributed by atoms with Crippen LogP contribution in [0.1, 0.15) is 39.5 Å². The molecule has 0 aromatic heterocycles. The number of hydrogen-bond donors (Lipinski definition) is 0. The monoisotopic (exact) mass is 184 g/mol. The number of nitrogens with zero attached hydrogens (tertiary/aromatic N) is 1. The summed E-state index contributed by atoms with van der Waals surface area (Å²) in [6, 6.07) is 0. The molecule has 3 heteroatoms. The van der Waals surface area contributed by atoms with Gasteiger partial charge < -0.3 is 4.74 Å². The first-order valence-corrected chi connectivity index (χ1v) is 5.12. The van der Waals surface area contributed by atoms with E-state index in [0.717, 1.165) is 12.8 Å². The van der Waals surface area contributed by atoms with Gasteiger partial charge in [-0.25, -0.2) is 0 Å². The van der Waals surface area contributed by atoms with Crippen molar-refractivity contribution in [1.82, 2.24) is 5.06 Å². The van der Waals surface area contributed by atoms with E-state index in [2.05, 4.69) is 0 Å². The van der Waals surface area contributed by atoms with Crippen LogP contribution >= 0.6 is 0 Å². The molecule has 1 aliphatic heterocycles. The molecule has 1 radical (unpaired) electrons. The highest BCUT2D eigenvalue weighted by Crippen LogP contribution is 2.41. The summed E-state index contributed by atoms with van der Waals surface area (Å²) in [6.45, 7) is 5.15. The van der Waals surface area contributed by atoms with Crippen LogP contribution in [-0.2, 0) is 9.94 Å². The van der Waals surface area contributed by atoms with Gasteiger partial charge in [0, 0.05) is 0 Å². The van der Waals surface area contributed by atoms with Gasteiger partial charge in [-0.05, 0) is 26.7 Å². The van der Waals surface area contributed by atoms with Gasteiger partial charge in [0.25, 0.3) is 0 Å². The van der Waals surface area contributed by atoms with Gasteiger partial charge in [-0.1, -0.05) is 12.8 Å². The topological polar surface area (TPSA) is 32.4 Å². The Balaban J connectivity index is 2.19. The molecule has 0 N–H and O–H groups in total. The Morgan fingerprint density at radius 2 is 1.77 bits per heavy atom. The van der Waals surface area contributed by atoms with E-state index in [0.29, 0.717) is 13.2 Å². The molecule has 13 heavy (non-hydrogen) atoms. The van der Waals surface area contributed by atoms with E-state index >= 15 is 0 Å². The van der Waals surface area contributed by atoms with Crippen molar-refractivity contribution in [3.63, 3.8) is 0 Å².